The summed E-state index contributed by atoms with van der Waals surface area (Å²) in [7, 11) is 0. The highest BCUT2D eigenvalue weighted by molar-refractivity contribution is 9.10. The molecule has 3 nitrogen and oxygen atoms in total. The first kappa shape index (κ1) is 11.8. The van der Waals surface area contributed by atoms with Gasteiger partial charge < -0.3 is 4.90 Å². The van der Waals surface area contributed by atoms with Gasteiger partial charge in [0.05, 0.1) is 0 Å². The molecule has 0 saturated carbocycles. The van der Waals surface area contributed by atoms with Crippen molar-refractivity contribution in [2.75, 3.05) is 18.0 Å². The molecule has 0 spiro atoms. The van der Waals surface area contributed by atoms with Gasteiger partial charge in [-0.2, -0.15) is 0 Å². The van der Waals surface area contributed by atoms with Crippen LogP contribution in [-0.2, 0) is 0 Å². The standard InChI is InChI=1S/C12H18BrN3/c1-8-4-9(2)7-16(6-8)12-5-11(13)14-10(3)15-12/h5,8-9H,4,6-7H2,1-3H3. The average Bonchev–Trinajstić information content (AvgIpc) is 2.14. The van der Waals surface area contributed by atoms with Crippen LogP contribution in [0.1, 0.15) is 26.1 Å². The summed E-state index contributed by atoms with van der Waals surface area (Å²) < 4.78 is 0.876. The Labute approximate surface area is 105 Å². The molecule has 0 bridgehead atoms. The maximum Gasteiger partial charge on any atom is 0.133 e. The molecule has 2 unspecified atom stereocenters. The van der Waals surface area contributed by atoms with E-state index in [9.17, 15) is 0 Å². The van der Waals surface area contributed by atoms with Gasteiger partial charge >= 0.3 is 0 Å². The Balaban J connectivity index is 2.22. The van der Waals surface area contributed by atoms with Crippen LogP contribution in [0.25, 0.3) is 0 Å². The molecule has 0 aromatic carbocycles. The van der Waals surface area contributed by atoms with Gasteiger partial charge in [0.2, 0.25) is 0 Å². The SMILES string of the molecule is Cc1nc(Br)cc(N2CC(C)CC(C)C2)n1. The third-order valence-corrected chi connectivity index (χ3v) is 3.39. The highest BCUT2D eigenvalue weighted by atomic mass is 79.9. The Morgan fingerprint density at radius 2 is 1.88 bits per heavy atom. The molecule has 1 aliphatic heterocycles. The lowest BCUT2D eigenvalue weighted by Gasteiger charge is -2.35. The molecule has 0 amide bonds. The third kappa shape index (κ3) is 2.73. The highest BCUT2D eigenvalue weighted by Crippen LogP contribution is 2.26. The van der Waals surface area contributed by atoms with Crippen molar-refractivity contribution in [3.63, 3.8) is 0 Å². The molecule has 88 valence electrons. The molecule has 1 aliphatic rings. The lowest BCUT2D eigenvalue weighted by atomic mass is 9.92. The summed E-state index contributed by atoms with van der Waals surface area (Å²) in [6.07, 6.45) is 1.32. The summed E-state index contributed by atoms with van der Waals surface area (Å²) in [4.78, 5) is 11.1. The molecule has 0 radical (unpaired) electrons. The van der Waals surface area contributed by atoms with Crippen LogP contribution in [-0.4, -0.2) is 23.1 Å². The Morgan fingerprint density at radius 3 is 2.44 bits per heavy atom. The fourth-order valence-electron chi connectivity index (χ4n) is 2.53. The summed E-state index contributed by atoms with van der Waals surface area (Å²) >= 11 is 3.43. The van der Waals surface area contributed by atoms with E-state index in [1.165, 1.54) is 6.42 Å². The number of rotatable bonds is 1. The first-order valence-corrected chi connectivity index (χ1v) is 6.60. The van der Waals surface area contributed by atoms with E-state index in [1.54, 1.807) is 0 Å². The number of hydrogen-bond donors (Lipinski definition) is 0. The topological polar surface area (TPSA) is 29.0 Å². The molecule has 1 saturated heterocycles. The van der Waals surface area contributed by atoms with Gasteiger partial charge in [0.15, 0.2) is 0 Å². The number of hydrogen-bond acceptors (Lipinski definition) is 3. The molecule has 2 rings (SSSR count). The maximum absolute atomic E-state index is 4.51. The summed E-state index contributed by atoms with van der Waals surface area (Å²) in [5, 5.41) is 0. The number of halogens is 1. The van der Waals surface area contributed by atoms with Crippen molar-refractivity contribution in [1.29, 1.82) is 0 Å². The van der Waals surface area contributed by atoms with E-state index in [0.29, 0.717) is 0 Å². The van der Waals surface area contributed by atoms with Crippen molar-refractivity contribution in [3.8, 4) is 0 Å². The van der Waals surface area contributed by atoms with E-state index in [2.05, 4.69) is 44.6 Å². The second-order valence-corrected chi connectivity index (χ2v) is 5.76. The fourth-order valence-corrected chi connectivity index (χ4v) is 2.99. The van der Waals surface area contributed by atoms with E-state index in [1.807, 2.05) is 13.0 Å². The van der Waals surface area contributed by atoms with Crippen LogP contribution in [0.3, 0.4) is 0 Å². The number of piperidine rings is 1. The monoisotopic (exact) mass is 283 g/mol. The minimum atomic E-state index is 0.748. The molecular weight excluding hydrogens is 266 g/mol. The van der Waals surface area contributed by atoms with Gasteiger partial charge in [-0.25, -0.2) is 9.97 Å². The number of anilines is 1. The molecule has 2 atom stereocenters. The molecule has 0 N–H and O–H groups in total. The first-order chi connectivity index (χ1) is 7.54. The lowest BCUT2D eigenvalue weighted by molar-refractivity contribution is 0.355. The van der Waals surface area contributed by atoms with Gasteiger partial charge in [0.1, 0.15) is 16.2 Å². The Hall–Kier alpha value is -0.640. The zero-order valence-electron chi connectivity index (χ0n) is 10.1. The van der Waals surface area contributed by atoms with Crippen LogP contribution in [0, 0.1) is 18.8 Å². The van der Waals surface area contributed by atoms with Crippen molar-refractivity contribution in [2.45, 2.75) is 27.2 Å². The van der Waals surface area contributed by atoms with Crippen LogP contribution < -0.4 is 4.90 Å². The van der Waals surface area contributed by atoms with E-state index in [4.69, 9.17) is 0 Å². The maximum atomic E-state index is 4.51. The first-order valence-electron chi connectivity index (χ1n) is 5.80. The van der Waals surface area contributed by atoms with Crippen molar-refractivity contribution in [1.82, 2.24) is 9.97 Å². The van der Waals surface area contributed by atoms with Crippen molar-refractivity contribution in [2.24, 2.45) is 11.8 Å². The molecule has 4 heteroatoms. The van der Waals surface area contributed by atoms with Gasteiger partial charge in [0.25, 0.3) is 0 Å². The van der Waals surface area contributed by atoms with Crippen LogP contribution in [0.5, 0.6) is 0 Å². The molecule has 16 heavy (non-hydrogen) atoms. The Kier molecular flexibility index (Phi) is 3.47. The van der Waals surface area contributed by atoms with Gasteiger partial charge in [-0.3, -0.25) is 0 Å². The molecule has 2 heterocycles. The van der Waals surface area contributed by atoms with Crippen molar-refractivity contribution in [3.05, 3.63) is 16.5 Å². The van der Waals surface area contributed by atoms with Crippen LogP contribution in [0.2, 0.25) is 0 Å². The smallest absolute Gasteiger partial charge is 0.133 e. The lowest BCUT2D eigenvalue weighted by Crippen LogP contribution is -2.39. The third-order valence-electron chi connectivity index (χ3n) is 2.99. The molecular formula is C12H18BrN3. The molecule has 1 aromatic rings. The van der Waals surface area contributed by atoms with Crippen LogP contribution in [0.15, 0.2) is 10.7 Å². The number of nitrogens with zero attached hydrogens (tertiary/aromatic N) is 3. The average molecular weight is 284 g/mol. The Morgan fingerprint density at radius 1 is 1.25 bits per heavy atom. The van der Waals surface area contributed by atoms with E-state index < -0.39 is 0 Å². The predicted molar refractivity (Wildman–Crippen MR) is 69.6 cm³/mol. The van der Waals surface area contributed by atoms with Gasteiger partial charge in [-0.1, -0.05) is 13.8 Å². The molecule has 0 aliphatic carbocycles. The Bertz CT molecular complexity index is 350. The quantitative estimate of drug-likeness (QED) is 0.742. The zero-order valence-corrected chi connectivity index (χ0v) is 11.7. The van der Waals surface area contributed by atoms with E-state index in [0.717, 1.165) is 41.2 Å². The fraction of sp³-hybridized carbons (Fsp3) is 0.667. The van der Waals surface area contributed by atoms with Crippen LogP contribution in [0.4, 0.5) is 5.82 Å². The summed E-state index contributed by atoms with van der Waals surface area (Å²) in [6.45, 7) is 8.77. The normalized spacial score (nSPS) is 25.9. The van der Waals surface area contributed by atoms with Crippen LogP contribution >= 0.6 is 15.9 Å². The summed E-state index contributed by atoms with van der Waals surface area (Å²) in [5.41, 5.74) is 0. The minimum Gasteiger partial charge on any atom is -0.356 e. The largest absolute Gasteiger partial charge is 0.356 e. The molecule has 1 aromatic heterocycles. The van der Waals surface area contributed by atoms with Crippen molar-refractivity contribution >= 4 is 21.7 Å². The van der Waals surface area contributed by atoms with E-state index in [-0.39, 0.29) is 0 Å². The zero-order chi connectivity index (χ0) is 11.7. The summed E-state index contributed by atoms with van der Waals surface area (Å²) in [5.74, 6) is 3.38. The number of aryl methyl sites for hydroxylation is 1. The predicted octanol–water partition coefficient (Wildman–Crippen LogP) is 3.03. The van der Waals surface area contributed by atoms with Crippen molar-refractivity contribution < 1.29 is 0 Å². The van der Waals surface area contributed by atoms with E-state index >= 15 is 0 Å². The molecule has 1 fully saturated rings. The number of aromatic nitrogens is 2. The minimum absolute atomic E-state index is 0.748. The summed E-state index contributed by atoms with van der Waals surface area (Å²) in [6, 6.07) is 2.01. The second kappa shape index (κ2) is 4.70. The van der Waals surface area contributed by atoms with Gasteiger partial charge in [0, 0.05) is 19.2 Å². The van der Waals surface area contributed by atoms with Gasteiger partial charge in [-0.15, -0.1) is 0 Å². The second-order valence-electron chi connectivity index (χ2n) is 4.95. The highest BCUT2D eigenvalue weighted by Gasteiger charge is 2.23. The van der Waals surface area contributed by atoms with Gasteiger partial charge in [-0.05, 0) is 41.1 Å².